The maximum absolute atomic E-state index is 11.9. The maximum atomic E-state index is 11.9. The normalized spacial score (nSPS) is 16.0. The average Bonchev–Trinajstić information content (AvgIpc) is 2.46. The molecule has 1 aromatic carbocycles. The molecule has 1 saturated heterocycles. The minimum Gasteiger partial charge on any atom is -0.491 e. The van der Waals surface area contributed by atoms with E-state index < -0.39 is 0 Å². The molecular formula is C16H24N2O2. The van der Waals surface area contributed by atoms with Gasteiger partial charge in [-0.1, -0.05) is 25.1 Å². The van der Waals surface area contributed by atoms with E-state index >= 15 is 0 Å². The van der Waals surface area contributed by atoms with Gasteiger partial charge in [-0.15, -0.1) is 0 Å². The first-order chi connectivity index (χ1) is 9.66. The third kappa shape index (κ3) is 4.15. The van der Waals surface area contributed by atoms with Gasteiger partial charge in [-0.05, 0) is 37.3 Å². The zero-order valence-electron chi connectivity index (χ0n) is 12.4. The number of ether oxygens (including phenoxy) is 1. The van der Waals surface area contributed by atoms with E-state index in [4.69, 9.17) is 4.74 Å². The summed E-state index contributed by atoms with van der Waals surface area (Å²) in [5, 5.41) is 2.92. The lowest BCUT2D eigenvalue weighted by atomic mass is 10.00. The van der Waals surface area contributed by atoms with E-state index in [0.29, 0.717) is 13.2 Å². The van der Waals surface area contributed by atoms with Crippen molar-refractivity contribution in [1.82, 2.24) is 10.2 Å². The van der Waals surface area contributed by atoms with Crippen LogP contribution in [-0.2, 0) is 0 Å². The van der Waals surface area contributed by atoms with Crippen molar-refractivity contribution in [2.45, 2.75) is 26.7 Å². The highest BCUT2D eigenvalue weighted by molar-refractivity contribution is 5.74. The lowest BCUT2D eigenvalue weighted by molar-refractivity contribution is 0.172. The first-order valence-electron chi connectivity index (χ1n) is 7.38. The van der Waals surface area contributed by atoms with Crippen molar-refractivity contribution in [1.29, 1.82) is 0 Å². The van der Waals surface area contributed by atoms with Gasteiger partial charge >= 0.3 is 6.03 Å². The van der Waals surface area contributed by atoms with Crippen LogP contribution < -0.4 is 10.1 Å². The van der Waals surface area contributed by atoms with E-state index in [-0.39, 0.29) is 6.03 Å². The molecule has 1 aliphatic heterocycles. The summed E-state index contributed by atoms with van der Waals surface area (Å²) in [4.78, 5) is 13.8. The minimum absolute atomic E-state index is 0.0327. The van der Waals surface area contributed by atoms with Crippen LogP contribution in [0.1, 0.15) is 25.3 Å². The molecule has 2 rings (SSSR count). The highest BCUT2D eigenvalue weighted by atomic mass is 16.5. The van der Waals surface area contributed by atoms with Gasteiger partial charge < -0.3 is 15.0 Å². The van der Waals surface area contributed by atoms with Crippen LogP contribution in [0.15, 0.2) is 24.3 Å². The van der Waals surface area contributed by atoms with Crippen LogP contribution >= 0.6 is 0 Å². The molecule has 0 aromatic heterocycles. The van der Waals surface area contributed by atoms with E-state index in [1.807, 2.05) is 36.1 Å². The SMILES string of the molecule is Cc1ccccc1OCCNC(=O)N1CCC(C)CC1. The molecule has 1 N–H and O–H groups in total. The number of hydrogen-bond acceptors (Lipinski definition) is 2. The summed E-state index contributed by atoms with van der Waals surface area (Å²) in [6.07, 6.45) is 2.21. The number of likely N-dealkylation sites (tertiary alicyclic amines) is 1. The topological polar surface area (TPSA) is 41.6 Å². The van der Waals surface area contributed by atoms with E-state index in [9.17, 15) is 4.79 Å². The van der Waals surface area contributed by atoms with Crippen LogP contribution in [-0.4, -0.2) is 37.2 Å². The smallest absolute Gasteiger partial charge is 0.317 e. The van der Waals surface area contributed by atoms with Gasteiger partial charge in [0.15, 0.2) is 0 Å². The summed E-state index contributed by atoms with van der Waals surface area (Å²) < 4.78 is 5.66. The summed E-state index contributed by atoms with van der Waals surface area (Å²) in [5.41, 5.74) is 1.11. The standard InChI is InChI=1S/C16H24N2O2/c1-13-7-10-18(11-8-13)16(19)17-9-12-20-15-6-4-3-5-14(15)2/h3-6,13H,7-12H2,1-2H3,(H,17,19). The first kappa shape index (κ1) is 14.7. The van der Waals surface area contributed by atoms with Gasteiger partial charge in [-0.3, -0.25) is 0 Å². The molecule has 110 valence electrons. The monoisotopic (exact) mass is 276 g/mol. The van der Waals surface area contributed by atoms with Gasteiger partial charge in [-0.25, -0.2) is 4.79 Å². The van der Waals surface area contributed by atoms with Crippen LogP contribution in [0, 0.1) is 12.8 Å². The van der Waals surface area contributed by atoms with Crippen LogP contribution in [0.5, 0.6) is 5.75 Å². The van der Waals surface area contributed by atoms with Gasteiger partial charge in [0.1, 0.15) is 12.4 Å². The third-order valence-corrected chi connectivity index (χ3v) is 3.80. The van der Waals surface area contributed by atoms with E-state index in [1.165, 1.54) is 0 Å². The molecule has 0 unspecified atom stereocenters. The number of piperidine rings is 1. The summed E-state index contributed by atoms with van der Waals surface area (Å²) in [6, 6.07) is 7.94. The molecule has 0 spiro atoms. The number of para-hydroxylation sites is 1. The average molecular weight is 276 g/mol. The lowest BCUT2D eigenvalue weighted by Crippen LogP contribution is -2.45. The molecule has 1 fully saturated rings. The van der Waals surface area contributed by atoms with Crippen molar-refractivity contribution in [2.24, 2.45) is 5.92 Å². The highest BCUT2D eigenvalue weighted by Crippen LogP contribution is 2.16. The number of carbonyl (C=O) groups excluding carboxylic acids is 1. The second kappa shape index (κ2) is 7.17. The van der Waals surface area contributed by atoms with Crippen LogP contribution in [0.2, 0.25) is 0 Å². The fourth-order valence-electron chi connectivity index (χ4n) is 2.36. The molecular weight excluding hydrogens is 252 g/mol. The minimum atomic E-state index is 0.0327. The molecule has 1 aromatic rings. The molecule has 4 nitrogen and oxygen atoms in total. The Hall–Kier alpha value is -1.71. The zero-order valence-corrected chi connectivity index (χ0v) is 12.4. The molecule has 0 atom stereocenters. The predicted octanol–water partition coefficient (Wildman–Crippen LogP) is 2.82. The first-order valence-corrected chi connectivity index (χ1v) is 7.38. The number of hydrogen-bond donors (Lipinski definition) is 1. The number of benzene rings is 1. The fraction of sp³-hybridized carbons (Fsp3) is 0.562. The fourth-order valence-corrected chi connectivity index (χ4v) is 2.36. The number of amides is 2. The van der Waals surface area contributed by atoms with E-state index in [1.54, 1.807) is 0 Å². The summed E-state index contributed by atoms with van der Waals surface area (Å²) in [5.74, 6) is 1.62. The largest absolute Gasteiger partial charge is 0.491 e. The predicted molar refractivity (Wildman–Crippen MR) is 80.0 cm³/mol. The zero-order chi connectivity index (χ0) is 14.4. The summed E-state index contributed by atoms with van der Waals surface area (Å²) >= 11 is 0. The summed E-state index contributed by atoms with van der Waals surface area (Å²) in [7, 11) is 0. The number of urea groups is 1. The molecule has 0 aliphatic carbocycles. The molecule has 1 heterocycles. The quantitative estimate of drug-likeness (QED) is 0.859. The number of nitrogens with one attached hydrogen (secondary N) is 1. The summed E-state index contributed by atoms with van der Waals surface area (Å²) in [6.45, 7) is 7.03. The number of carbonyl (C=O) groups is 1. The highest BCUT2D eigenvalue weighted by Gasteiger charge is 2.19. The van der Waals surface area contributed by atoms with Crippen molar-refractivity contribution in [3.8, 4) is 5.75 Å². The van der Waals surface area contributed by atoms with Crippen LogP contribution in [0.4, 0.5) is 4.79 Å². The lowest BCUT2D eigenvalue weighted by Gasteiger charge is -2.30. The van der Waals surface area contributed by atoms with Crippen molar-refractivity contribution in [3.05, 3.63) is 29.8 Å². The van der Waals surface area contributed by atoms with Crippen molar-refractivity contribution in [3.63, 3.8) is 0 Å². The molecule has 1 aliphatic rings. The van der Waals surface area contributed by atoms with E-state index in [0.717, 1.165) is 43.2 Å². The second-order valence-corrected chi connectivity index (χ2v) is 5.52. The Labute approximate surface area is 121 Å². The molecule has 0 saturated carbocycles. The Morgan fingerprint density at radius 3 is 2.75 bits per heavy atom. The number of rotatable bonds is 4. The van der Waals surface area contributed by atoms with E-state index in [2.05, 4.69) is 12.2 Å². The Morgan fingerprint density at radius 1 is 1.35 bits per heavy atom. The maximum Gasteiger partial charge on any atom is 0.317 e. The van der Waals surface area contributed by atoms with Gasteiger partial charge in [0, 0.05) is 13.1 Å². The van der Waals surface area contributed by atoms with Crippen molar-refractivity contribution >= 4 is 6.03 Å². The molecule has 2 amide bonds. The van der Waals surface area contributed by atoms with Gasteiger partial charge in [-0.2, -0.15) is 0 Å². The Bertz CT molecular complexity index is 440. The molecule has 0 bridgehead atoms. The Kier molecular flexibility index (Phi) is 5.27. The molecule has 0 radical (unpaired) electrons. The third-order valence-electron chi connectivity index (χ3n) is 3.80. The van der Waals surface area contributed by atoms with Crippen LogP contribution in [0.25, 0.3) is 0 Å². The Balaban J connectivity index is 1.66. The number of nitrogens with zero attached hydrogens (tertiary/aromatic N) is 1. The van der Waals surface area contributed by atoms with Gasteiger partial charge in [0.05, 0.1) is 6.54 Å². The van der Waals surface area contributed by atoms with Crippen LogP contribution in [0.3, 0.4) is 0 Å². The van der Waals surface area contributed by atoms with Crippen molar-refractivity contribution in [2.75, 3.05) is 26.2 Å². The number of aryl methyl sites for hydroxylation is 1. The Morgan fingerprint density at radius 2 is 2.05 bits per heavy atom. The van der Waals surface area contributed by atoms with Gasteiger partial charge in [0.25, 0.3) is 0 Å². The van der Waals surface area contributed by atoms with Crippen molar-refractivity contribution < 1.29 is 9.53 Å². The molecule has 4 heteroatoms. The second-order valence-electron chi connectivity index (χ2n) is 5.52. The van der Waals surface area contributed by atoms with Gasteiger partial charge in [0.2, 0.25) is 0 Å². The molecule has 20 heavy (non-hydrogen) atoms.